The Bertz CT molecular complexity index is 1210. The van der Waals surface area contributed by atoms with E-state index in [1.807, 2.05) is 43.5 Å². The average Bonchev–Trinajstić information content (AvgIpc) is 3.05. The summed E-state index contributed by atoms with van der Waals surface area (Å²) in [6.07, 6.45) is -3.13. The predicted octanol–water partition coefficient (Wildman–Crippen LogP) is 6.88. The summed E-state index contributed by atoms with van der Waals surface area (Å²) < 4.78 is 58.6. The van der Waals surface area contributed by atoms with Crippen molar-refractivity contribution in [2.75, 3.05) is 0 Å². The van der Waals surface area contributed by atoms with Crippen molar-refractivity contribution in [3.8, 4) is 17.2 Å². The lowest BCUT2D eigenvalue weighted by atomic mass is 9.96. The zero-order valence-electron chi connectivity index (χ0n) is 20.2. The van der Waals surface area contributed by atoms with Gasteiger partial charge in [0.05, 0.1) is 11.6 Å². The maximum absolute atomic E-state index is 14.2. The fourth-order valence-corrected chi connectivity index (χ4v) is 4.61. The van der Waals surface area contributed by atoms with E-state index < -0.39 is 28.3 Å². The molecule has 2 atom stereocenters. The summed E-state index contributed by atoms with van der Waals surface area (Å²) in [6.45, 7) is 11.4. The zero-order chi connectivity index (χ0) is 25.5. The quantitative estimate of drug-likeness (QED) is 0.397. The topological polar surface area (TPSA) is 63.8 Å². The molecule has 0 bridgehead atoms. The molecule has 3 rings (SSSR count). The number of hydrogen-bond acceptors (Lipinski definition) is 3. The number of nitrogens with one attached hydrogen (secondary N) is 1. The molecule has 8 heteroatoms. The van der Waals surface area contributed by atoms with Crippen LogP contribution in [0.5, 0.6) is 0 Å². The Balaban J connectivity index is 2.23. The first-order valence-electron chi connectivity index (χ1n) is 11.0. The van der Waals surface area contributed by atoms with Crippen LogP contribution in [0.25, 0.3) is 22.0 Å². The summed E-state index contributed by atoms with van der Waals surface area (Å²) in [4.78, 5) is 0. The van der Waals surface area contributed by atoms with Crippen molar-refractivity contribution in [3.63, 3.8) is 0 Å². The molecule has 0 aliphatic carbocycles. The van der Waals surface area contributed by atoms with E-state index in [-0.39, 0.29) is 11.0 Å². The highest BCUT2D eigenvalue weighted by atomic mass is 32.2. The maximum atomic E-state index is 14.2. The summed E-state index contributed by atoms with van der Waals surface area (Å²) >= 11 is -1.92. The highest BCUT2D eigenvalue weighted by Gasteiger charge is 2.47. The summed E-state index contributed by atoms with van der Waals surface area (Å²) in [5.41, 5.74) is 2.43. The largest absolute Gasteiger partial charge is 0.598 e. The molecule has 1 unspecified atom stereocenters. The second kappa shape index (κ2) is 9.29. The number of alkyl halides is 3. The third-order valence-electron chi connectivity index (χ3n) is 5.34. The fraction of sp³-hybridized carbons (Fsp3) is 0.423. The highest BCUT2D eigenvalue weighted by Crippen LogP contribution is 2.40. The van der Waals surface area contributed by atoms with E-state index in [0.29, 0.717) is 23.0 Å². The molecule has 0 spiro atoms. The smallest absolute Gasteiger partial charge is 0.412 e. The van der Waals surface area contributed by atoms with Crippen LogP contribution in [-0.4, -0.2) is 20.0 Å². The molecule has 0 saturated heterocycles. The van der Waals surface area contributed by atoms with Crippen LogP contribution in [0.3, 0.4) is 0 Å². The molecule has 3 aromatic rings. The summed E-state index contributed by atoms with van der Waals surface area (Å²) in [5.74, 6) is 0. The zero-order valence-corrected chi connectivity index (χ0v) is 21.1. The number of aromatic nitrogens is 1. The van der Waals surface area contributed by atoms with E-state index in [1.165, 1.54) is 6.20 Å². The monoisotopic (exact) mass is 489 g/mol. The lowest BCUT2D eigenvalue weighted by molar-refractivity contribution is -0.152. The van der Waals surface area contributed by atoms with Gasteiger partial charge >= 0.3 is 6.18 Å². The van der Waals surface area contributed by atoms with E-state index in [9.17, 15) is 23.0 Å². The molecule has 2 aromatic carbocycles. The molecular weight excluding hydrogens is 459 g/mol. The molecule has 182 valence electrons. The van der Waals surface area contributed by atoms with E-state index in [4.69, 9.17) is 0 Å². The predicted molar refractivity (Wildman–Crippen MR) is 131 cm³/mol. The number of benzene rings is 2. The number of nitrogens with zero attached hydrogens (tertiary/aromatic N) is 2. The van der Waals surface area contributed by atoms with Crippen LogP contribution in [0.15, 0.2) is 48.7 Å². The minimum atomic E-state index is -4.65. The van der Waals surface area contributed by atoms with Gasteiger partial charge in [-0.1, -0.05) is 51.1 Å². The third-order valence-corrected chi connectivity index (χ3v) is 6.90. The van der Waals surface area contributed by atoms with Crippen molar-refractivity contribution in [1.29, 1.82) is 5.26 Å². The third kappa shape index (κ3) is 5.77. The summed E-state index contributed by atoms with van der Waals surface area (Å²) in [6, 6.07) is 12.4. The molecule has 0 saturated carbocycles. The second-order valence-corrected chi connectivity index (χ2v) is 12.6. The van der Waals surface area contributed by atoms with Crippen LogP contribution in [0.1, 0.15) is 58.7 Å². The number of halogens is 3. The minimum Gasteiger partial charge on any atom is -0.598 e. The van der Waals surface area contributed by atoms with Crippen LogP contribution < -0.4 is 4.72 Å². The lowest BCUT2D eigenvalue weighted by Crippen LogP contribution is -2.45. The van der Waals surface area contributed by atoms with Crippen LogP contribution in [0.4, 0.5) is 13.2 Å². The number of nitriles is 1. The Morgan fingerprint density at radius 1 is 1.06 bits per heavy atom. The summed E-state index contributed by atoms with van der Waals surface area (Å²) in [5, 5.41) is 9.93. The van der Waals surface area contributed by atoms with Gasteiger partial charge in [-0.2, -0.15) is 18.4 Å². The fourth-order valence-electron chi connectivity index (χ4n) is 3.78. The van der Waals surface area contributed by atoms with Gasteiger partial charge in [-0.05, 0) is 49.4 Å². The molecule has 0 aliphatic heterocycles. The molecule has 0 radical (unpaired) electrons. The van der Waals surface area contributed by atoms with Gasteiger partial charge in [-0.25, -0.2) is 0 Å². The first kappa shape index (κ1) is 26.1. The minimum absolute atomic E-state index is 0.0319. The van der Waals surface area contributed by atoms with Crippen LogP contribution >= 0.6 is 0 Å². The van der Waals surface area contributed by atoms with Crippen molar-refractivity contribution < 1.29 is 17.7 Å². The van der Waals surface area contributed by atoms with Crippen LogP contribution in [-0.2, 0) is 17.9 Å². The molecule has 0 aliphatic rings. The molecule has 1 N–H and O–H groups in total. The number of rotatable bonds is 5. The van der Waals surface area contributed by atoms with Gasteiger partial charge in [0.2, 0.25) is 0 Å². The first-order chi connectivity index (χ1) is 15.6. The number of fused-ring (bicyclic) bond motifs is 1. The number of hydrogen-bond donors (Lipinski definition) is 1. The van der Waals surface area contributed by atoms with Crippen molar-refractivity contribution in [3.05, 3.63) is 59.8 Å². The molecule has 34 heavy (non-hydrogen) atoms. The highest BCUT2D eigenvalue weighted by molar-refractivity contribution is 7.90. The standard InChI is InChI=1S/C26H30F3N3OS/c1-24(2,3)16-32-15-21(23(26(27,28)29)31-34(33)25(4,5)6)20-12-11-17(13-22(20)32)19-10-8-7-9-18(19)14-30/h7-13,15,23,31H,16H2,1-6H3/t23-,34?/m0/s1. The molecule has 0 amide bonds. The molecule has 1 aromatic heterocycles. The van der Waals surface area contributed by atoms with Gasteiger partial charge in [-0.3, -0.25) is 0 Å². The van der Waals surface area contributed by atoms with Gasteiger partial charge in [0.15, 0.2) is 6.04 Å². The van der Waals surface area contributed by atoms with Crippen molar-refractivity contribution in [2.45, 2.75) is 65.1 Å². The summed E-state index contributed by atoms with van der Waals surface area (Å²) in [7, 11) is 0. The lowest BCUT2D eigenvalue weighted by Gasteiger charge is -2.29. The van der Waals surface area contributed by atoms with Crippen molar-refractivity contribution >= 4 is 22.3 Å². The molecule has 0 fully saturated rings. The van der Waals surface area contributed by atoms with E-state index in [2.05, 4.69) is 10.8 Å². The van der Waals surface area contributed by atoms with Gasteiger partial charge < -0.3 is 9.12 Å². The molecule has 1 heterocycles. The van der Waals surface area contributed by atoms with Gasteiger partial charge in [0, 0.05) is 40.6 Å². The Hall–Kier alpha value is -2.47. The van der Waals surface area contributed by atoms with Gasteiger partial charge in [-0.15, -0.1) is 4.72 Å². The Labute approximate surface area is 202 Å². The first-order valence-corrected chi connectivity index (χ1v) is 12.1. The molecular formula is C26H30F3N3OS. The second-order valence-electron chi connectivity index (χ2n) is 10.6. The average molecular weight is 490 g/mol. The maximum Gasteiger partial charge on any atom is 0.412 e. The van der Waals surface area contributed by atoms with Gasteiger partial charge in [0.1, 0.15) is 4.75 Å². The van der Waals surface area contributed by atoms with E-state index in [0.717, 1.165) is 11.1 Å². The van der Waals surface area contributed by atoms with Crippen LogP contribution in [0.2, 0.25) is 0 Å². The molecule has 4 nitrogen and oxygen atoms in total. The van der Waals surface area contributed by atoms with E-state index >= 15 is 0 Å². The normalized spacial score (nSPS) is 14.7. The SMILES string of the molecule is CC(C)(C)Cn1cc([C@H](N[S+]([O-])C(C)(C)C)C(F)(F)F)c2ccc(-c3ccccc3C#N)cc21. The van der Waals surface area contributed by atoms with E-state index in [1.54, 1.807) is 45.0 Å². The van der Waals surface area contributed by atoms with Gasteiger partial charge in [0.25, 0.3) is 0 Å². The van der Waals surface area contributed by atoms with Crippen LogP contribution in [0, 0.1) is 16.7 Å². The van der Waals surface area contributed by atoms with Crippen molar-refractivity contribution in [2.24, 2.45) is 5.41 Å². The Morgan fingerprint density at radius 2 is 1.71 bits per heavy atom. The Kier molecular flexibility index (Phi) is 7.14. The van der Waals surface area contributed by atoms with Crippen molar-refractivity contribution in [1.82, 2.24) is 9.29 Å². The Morgan fingerprint density at radius 3 is 2.26 bits per heavy atom.